The van der Waals surface area contributed by atoms with Crippen molar-refractivity contribution in [1.29, 1.82) is 0 Å². The van der Waals surface area contributed by atoms with E-state index in [0.29, 0.717) is 11.3 Å². The fourth-order valence-corrected chi connectivity index (χ4v) is 7.45. The van der Waals surface area contributed by atoms with Gasteiger partial charge in [0.05, 0.1) is 17.3 Å². The summed E-state index contributed by atoms with van der Waals surface area (Å²) in [5.74, 6) is 1.06. The highest BCUT2D eigenvalue weighted by atomic mass is 32.2. The van der Waals surface area contributed by atoms with E-state index in [2.05, 4.69) is 19.1 Å². The minimum absolute atomic E-state index is 0.154. The van der Waals surface area contributed by atoms with Crippen LogP contribution in [-0.2, 0) is 9.84 Å². The summed E-state index contributed by atoms with van der Waals surface area (Å²) in [7, 11) is -3.26. The molecule has 0 heterocycles. The molecular formula is C42H68O4S. The molecule has 2 aromatic carbocycles. The summed E-state index contributed by atoms with van der Waals surface area (Å²) in [5.41, 5.74) is 2.04. The van der Waals surface area contributed by atoms with E-state index < -0.39 is 9.84 Å². The molecule has 47 heavy (non-hydrogen) atoms. The third-order valence-corrected chi connectivity index (χ3v) is 11.0. The van der Waals surface area contributed by atoms with Gasteiger partial charge in [-0.3, -0.25) is 0 Å². The molecule has 0 aliphatic heterocycles. The Hall–Kier alpha value is -2.11. The average Bonchev–Trinajstić information content (AvgIpc) is 3.08. The van der Waals surface area contributed by atoms with Crippen molar-refractivity contribution in [2.75, 3.05) is 19.0 Å². The second kappa shape index (κ2) is 27.8. The first-order valence-electron chi connectivity index (χ1n) is 19.4. The Balaban J connectivity index is 1.44. The molecule has 0 atom stereocenters. The molecular weight excluding hydrogens is 601 g/mol. The summed E-state index contributed by atoms with van der Waals surface area (Å²) in [6.07, 6.45) is 35.0. The first-order chi connectivity index (χ1) is 23.0. The predicted octanol–water partition coefficient (Wildman–Crippen LogP) is 12.4. The molecule has 0 fully saturated rings. The van der Waals surface area contributed by atoms with Crippen molar-refractivity contribution < 1.29 is 18.3 Å². The molecule has 0 aliphatic rings. The molecule has 5 heteroatoms. The number of benzene rings is 2. The highest BCUT2D eigenvalue weighted by Gasteiger charge is 2.13. The van der Waals surface area contributed by atoms with Gasteiger partial charge in [-0.1, -0.05) is 178 Å². The third-order valence-electron chi connectivity index (χ3n) is 9.18. The highest BCUT2D eigenvalue weighted by molar-refractivity contribution is 7.91. The number of sulfone groups is 1. The fraction of sp³-hybridized carbons (Fsp3) is 0.667. The maximum absolute atomic E-state index is 12.6. The van der Waals surface area contributed by atoms with E-state index in [1.807, 2.05) is 36.4 Å². The predicted molar refractivity (Wildman–Crippen MR) is 203 cm³/mol. The number of unbranched alkanes of at least 4 members (excludes halogenated alkanes) is 22. The average molecular weight is 669 g/mol. The lowest BCUT2D eigenvalue weighted by Crippen LogP contribution is -2.06. The van der Waals surface area contributed by atoms with Crippen molar-refractivity contribution in [3.05, 3.63) is 59.7 Å². The lowest BCUT2D eigenvalue weighted by Gasteiger charge is -2.07. The van der Waals surface area contributed by atoms with E-state index in [1.165, 1.54) is 122 Å². The summed E-state index contributed by atoms with van der Waals surface area (Å²) in [5, 5.41) is 8.85. The Bertz CT molecular complexity index is 1120. The lowest BCUT2D eigenvalue weighted by atomic mass is 10.0. The van der Waals surface area contributed by atoms with Gasteiger partial charge in [-0.05, 0) is 54.7 Å². The molecule has 1 N–H and O–H groups in total. The molecule has 0 saturated carbocycles. The second-order valence-corrected chi connectivity index (χ2v) is 15.6. The maximum atomic E-state index is 12.6. The van der Waals surface area contributed by atoms with Crippen molar-refractivity contribution in [3.8, 4) is 5.75 Å². The van der Waals surface area contributed by atoms with Crippen LogP contribution >= 0.6 is 0 Å². The van der Waals surface area contributed by atoms with E-state index in [0.717, 1.165) is 49.2 Å². The quantitative estimate of drug-likeness (QED) is 0.0641. The summed E-state index contributed by atoms with van der Waals surface area (Å²) < 4.78 is 31.1. The zero-order chi connectivity index (χ0) is 33.7. The second-order valence-electron chi connectivity index (χ2n) is 13.5. The Morgan fingerprint density at radius 3 is 1.34 bits per heavy atom. The van der Waals surface area contributed by atoms with E-state index in [1.54, 1.807) is 12.1 Å². The topological polar surface area (TPSA) is 63.6 Å². The summed E-state index contributed by atoms with van der Waals surface area (Å²) in [6, 6.07) is 15.2. The first-order valence-corrected chi connectivity index (χ1v) is 21.0. The van der Waals surface area contributed by atoms with Crippen LogP contribution < -0.4 is 4.74 Å². The number of rotatable bonds is 31. The smallest absolute Gasteiger partial charge is 0.178 e. The number of aliphatic hydroxyl groups excluding tert-OH is 1. The molecule has 0 amide bonds. The van der Waals surface area contributed by atoms with Crippen molar-refractivity contribution in [2.45, 2.75) is 166 Å². The molecule has 0 aliphatic carbocycles. The van der Waals surface area contributed by atoms with Crippen LogP contribution in [0.15, 0.2) is 53.4 Å². The van der Waals surface area contributed by atoms with Crippen LogP contribution in [-0.4, -0.2) is 32.5 Å². The molecule has 2 rings (SSSR count). The number of hydrogen-bond donors (Lipinski definition) is 1. The van der Waals surface area contributed by atoms with Gasteiger partial charge in [0, 0.05) is 6.61 Å². The maximum Gasteiger partial charge on any atom is 0.178 e. The van der Waals surface area contributed by atoms with Crippen molar-refractivity contribution in [2.24, 2.45) is 0 Å². The summed E-state index contributed by atoms with van der Waals surface area (Å²) in [6.45, 7) is 3.23. The van der Waals surface area contributed by atoms with E-state index >= 15 is 0 Å². The minimum atomic E-state index is -3.26. The molecule has 0 spiro atoms. The van der Waals surface area contributed by atoms with Crippen molar-refractivity contribution >= 4 is 22.0 Å². The van der Waals surface area contributed by atoms with Crippen molar-refractivity contribution in [3.63, 3.8) is 0 Å². The monoisotopic (exact) mass is 668 g/mol. The van der Waals surface area contributed by atoms with Crippen LogP contribution in [0.5, 0.6) is 5.75 Å². The third kappa shape index (κ3) is 21.5. The van der Waals surface area contributed by atoms with Gasteiger partial charge in [-0.25, -0.2) is 8.42 Å². The van der Waals surface area contributed by atoms with Gasteiger partial charge < -0.3 is 9.84 Å². The van der Waals surface area contributed by atoms with Gasteiger partial charge >= 0.3 is 0 Å². The summed E-state index contributed by atoms with van der Waals surface area (Å²) >= 11 is 0. The van der Waals surface area contributed by atoms with Gasteiger partial charge in [0.1, 0.15) is 5.75 Å². The van der Waals surface area contributed by atoms with E-state index in [-0.39, 0.29) is 12.4 Å². The number of ether oxygens (including phenoxy) is 1. The zero-order valence-electron chi connectivity index (χ0n) is 29.9. The molecule has 266 valence electrons. The van der Waals surface area contributed by atoms with Crippen molar-refractivity contribution in [1.82, 2.24) is 0 Å². The van der Waals surface area contributed by atoms with Crippen LogP contribution in [0.2, 0.25) is 0 Å². The van der Waals surface area contributed by atoms with Crippen LogP contribution in [0.4, 0.5) is 0 Å². The van der Waals surface area contributed by atoms with Gasteiger partial charge in [-0.15, -0.1) is 0 Å². The largest absolute Gasteiger partial charge is 0.494 e. The number of hydrogen-bond acceptors (Lipinski definition) is 4. The molecule has 0 aromatic heterocycles. The SMILES string of the molecule is CCCCCCCCCCCCCCCCCCCCCCOc1ccc(C=Cc2ccc(S(=O)(=O)CCCCCCO)cc2)cc1. The lowest BCUT2D eigenvalue weighted by molar-refractivity contribution is 0.283. The first kappa shape index (κ1) is 41.1. The molecule has 4 nitrogen and oxygen atoms in total. The fourth-order valence-electron chi connectivity index (χ4n) is 6.08. The Morgan fingerprint density at radius 1 is 0.511 bits per heavy atom. The van der Waals surface area contributed by atoms with Crippen LogP contribution in [0.3, 0.4) is 0 Å². The highest BCUT2D eigenvalue weighted by Crippen LogP contribution is 2.19. The Kier molecular flexibility index (Phi) is 24.3. The van der Waals surface area contributed by atoms with Gasteiger partial charge in [0.2, 0.25) is 0 Å². The van der Waals surface area contributed by atoms with Gasteiger partial charge in [-0.2, -0.15) is 0 Å². The Labute approximate surface area is 289 Å². The standard InChI is InChI=1S/C42H68O4S/c1-2-3-4-5-6-7-8-9-10-11-12-13-14-15-16-17-18-19-21-24-37-46-41-32-28-39(29-33-41)26-27-40-30-34-42(35-31-40)47(44,45)38-25-22-20-23-36-43/h26-35,43H,2-25,36-38H2,1H3. The molecule has 0 saturated heterocycles. The van der Waals surface area contributed by atoms with E-state index in [9.17, 15) is 8.42 Å². The van der Waals surface area contributed by atoms with Gasteiger partial charge in [0.15, 0.2) is 9.84 Å². The van der Waals surface area contributed by atoms with E-state index in [4.69, 9.17) is 9.84 Å². The zero-order valence-corrected chi connectivity index (χ0v) is 30.8. The number of aliphatic hydroxyl groups is 1. The normalized spacial score (nSPS) is 11.9. The Morgan fingerprint density at radius 2 is 0.894 bits per heavy atom. The van der Waals surface area contributed by atoms with Crippen LogP contribution in [0.25, 0.3) is 12.2 Å². The van der Waals surface area contributed by atoms with Gasteiger partial charge in [0.25, 0.3) is 0 Å². The summed E-state index contributed by atoms with van der Waals surface area (Å²) in [4.78, 5) is 0.374. The van der Waals surface area contributed by atoms with Crippen LogP contribution in [0.1, 0.15) is 172 Å². The molecule has 0 bridgehead atoms. The molecule has 0 unspecified atom stereocenters. The minimum Gasteiger partial charge on any atom is -0.494 e. The van der Waals surface area contributed by atoms with Crippen LogP contribution in [0, 0.1) is 0 Å². The molecule has 0 radical (unpaired) electrons. The molecule has 2 aromatic rings.